The van der Waals surface area contributed by atoms with Crippen LogP contribution in [0.25, 0.3) is 0 Å². The molecule has 1 N–H and O–H groups in total. The van der Waals surface area contributed by atoms with Crippen LogP contribution in [0.4, 0.5) is 13.2 Å². The van der Waals surface area contributed by atoms with Crippen molar-refractivity contribution in [2.24, 2.45) is 0 Å². The van der Waals surface area contributed by atoms with Gasteiger partial charge < -0.3 is 5.11 Å². The SMILES string of the molecule is CC(C)c1ccc(C(C)(O)C(F)(F)F)c(C(C)C)c1. The third-order valence-electron chi connectivity index (χ3n) is 3.44. The summed E-state index contributed by atoms with van der Waals surface area (Å²) in [4.78, 5) is 0. The Labute approximate surface area is 112 Å². The van der Waals surface area contributed by atoms with Crippen molar-refractivity contribution in [3.05, 3.63) is 34.9 Å². The Morgan fingerprint density at radius 3 is 1.89 bits per heavy atom. The summed E-state index contributed by atoms with van der Waals surface area (Å²) >= 11 is 0. The summed E-state index contributed by atoms with van der Waals surface area (Å²) in [7, 11) is 0. The van der Waals surface area contributed by atoms with Gasteiger partial charge in [-0.3, -0.25) is 0 Å². The molecule has 4 heteroatoms. The second-order valence-corrected chi connectivity index (χ2v) is 5.73. The first-order chi connectivity index (χ1) is 8.48. The van der Waals surface area contributed by atoms with E-state index >= 15 is 0 Å². The Bertz CT molecular complexity index is 445. The Balaban J connectivity index is 3.44. The number of rotatable bonds is 3. The molecule has 1 aromatic rings. The van der Waals surface area contributed by atoms with E-state index in [4.69, 9.17) is 0 Å². The van der Waals surface area contributed by atoms with Gasteiger partial charge in [-0.2, -0.15) is 13.2 Å². The molecule has 1 nitrogen and oxygen atoms in total. The quantitative estimate of drug-likeness (QED) is 0.846. The van der Waals surface area contributed by atoms with Gasteiger partial charge in [0.1, 0.15) is 0 Å². The number of halogens is 3. The van der Waals surface area contributed by atoms with Crippen molar-refractivity contribution in [3.63, 3.8) is 0 Å². The van der Waals surface area contributed by atoms with Gasteiger partial charge in [0.25, 0.3) is 0 Å². The molecule has 0 aliphatic rings. The van der Waals surface area contributed by atoms with Gasteiger partial charge >= 0.3 is 6.18 Å². The minimum Gasteiger partial charge on any atom is -0.376 e. The molecule has 0 amide bonds. The van der Waals surface area contributed by atoms with E-state index < -0.39 is 11.8 Å². The van der Waals surface area contributed by atoms with E-state index in [0.717, 1.165) is 12.5 Å². The van der Waals surface area contributed by atoms with E-state index in [1.165, 1.54) is 6.07 Å². The van der Waals surface area contributed by atoms with E-state index in [-0.39, 0.29) is 17.4 Å². The molecule has 0 radical (unpaired) electrons. The molecule has 0 fully saturated rings. The molecular formula is C15H21F3O. The van der Waals surface area contributed by atoms with Crippen LogP contribution >= 0.6 is 0 Å². The maximum absolute atomic E-state index is 13.0. The van der Waals surface area contributed by atoms with Gasteiger partial charge in [0.2, 0.25) is 0 Å². The first-order valence-electron chi connectivity index (χ1n) is 6.42. The molecular weight excluding hydrogens is 253 g/mol. The molecule has 1 aromatic carbocycles. The Kier molecular flexibility index (Phi) is 4.35. The molecule has 0 saturated carbocycles. The lowest BCUT2D eigenvalue weighted by molar-refractivity contribution is -0.259. The molecule has 0 aromatic heterocycles. The van der Waals surface area contributed by atoms with Gasteiger partial charge in [-0.15, -0.1) is 0 Å². The lowest BCUT2D eigenvalue weighted by Gasteiger charge is -2.30. The molecule has 1 unspecified atom stereocenters. The summed E-state index contributed by atoms with van der Waals surface area (Å²) in [5.74, 6) is 0.157. The number of alkyl halides is 3. The second kappa shape index (κ2) is 5.16. The zero-order chi connectivity index (χ0) is 15.0. The fraction of sp³-hybridized carbons (Fsp3) is 0.600. The average Bonchev–Trinajstić information content (AvgIpc) is 2.26. The average molecular weight is 274 g/mol. The highest BCUT2D eigenvalue weighted by Gasteiger charge is 2.52. The lowest BCUT2D eigenvalue weighted by Crippen LogP contribution is -2.40. The molecule has 0 aliphatic heterocycles. The van der Waals surface area contributed by atoms with Crippen molar-refractivity contribution >= 4 is 0 Å². The third-order valence-corrected chi connectivity index (χ3v) is 3.44. The van der Waals surface area contributed by atoms with Crippen LogP contribution in [0.5, 0.6) is 0 Å². The van der Waals surface area contributed by atoms with Crippen LogP contribution in [0, 0.1) is 0 Å². The van der Waals surface area contributed by atoms with Gasteiger partial charge in [-0.25, -0.2) is 0 Å². The van der Waals surface area contributed by atoms with E-state index in [2.05, 4.69) is 0 Å². The van der Waals surface area contributed by atoms with Crippen LogP contribution in [0.1, 0.15) is 63.1 Å². The molecule has 0 bridgehead atoms. The highest BCUT2D eigenvalue weighted by atomic mass is 19.4. The number of hydrogen-bond donors (Lipinski definition) is 1. The van der Waals surface area contributed by atoms with Gasteiger partial charge in [0.15, 0.2) is 5.60 Å². The van der Waals surface area contributed by atoms with Crippen LogP contribution < -0.4 is 0 Å². The van der Waals surface area contributed by atoms with Gasteiger partial charge in [-0.05, 0) is 35.4 Å². The van der Waals surface area contributed by atoms with E-state index in [1.54, 1.807) is 12.1 Å². The number of hydrogen-bond acceptors (Lipinski definition) is 1. The molecule has 108 valence electrons. The lowest BCUT2D eigenvalue weighted by atomic mass is 9.84. The monoisotopic (exact) mass is 274 g/mol. The summed E-state index contributed by atoms with van der Waals surface area (Å²) in [5.41, 5.74) is -1.35. The standard InChI is InChI=1S/C15H21F3O/c1-9(2)11-6-7-13(12(8-11)10(3)4)14(5,19)15(16,17)18/h6-10,19H,1-5H3. The summed E-state index contributed by atoms with van der Waals surface area (Å²) in [6.07, 6.45) is -4.68. The number of benzene rings is 1. The van der Waals surface area contributed by atoms with E-state index in [9.17, 15) is 18.3 Å². The second-order valence-electron chi connectivity index (χ2n) is 5.73. The zero-order valence-electron chi connectivity index (χ0n) is 12.0. The van der Waals surface area contributed by atoms with Crippen LogP contribution in [0.15, 0.2) is 18.2 Å². The Morgan fingerprint density at radius 2 is 1.53 bits per heavy atom. The van der Waals surface area contributed by atoms with Crippen LogP contribution in [0.2, 0.25) is 0 Å². The van der Waals surface area contributed by atoms with Gasteiger partial charge in [-0.1, -0.05) is 45.9 Å². The van der Waals surface area contributed by atoms with Crippen molar-refractivity contribution in [2.45, 2.75) is 58.2 Å². The first-order valence-corrected chi connectivity index (χ1v) is 6.42. The predicted octanol–water partition coefficient (Wildman–Crippen LogP) is 4.70. The van der Waals surface area contributed by atoms with E-state index in [1.807, 2.05) is 27.7 Å². The molecule has 0 saturated heterocycles. The summed E-state index contributed by atoms with van der Waals surface area (Å²) in [5, 5.41) is 9.86. The molecule has 1 atom stereocenters. The van der Waals surface area contributed by atoms with Crippen LogP contribution in [-0.4, -0.2) is 11.3 Å². The number of aliphatic hydroxyl groups is 1. The normalized spacial score (nSPS) is 15.9. The fourth-order valence-electron chi connectivity index (χ4n) is 2.01. The highest BCUT2D eigenvalue weighted by molar-refractivity contribution is 5.39. The summed E-state index contributed by atoms with van der Waals surface area (Å²) in [6, 6.07) is 4.83. The minimum atomic E-state index is -4.68. The van der Waals surface area contributed by atoms with Crippen molar-refractivity contribution in [2.75, 3.05) is 0 Å². The summed E-state index contributed by atoms with van der Waals surface area (Å²) < 4.78 is 38.9. The maximum Gasteiger partial charge on any atom is 0.421 e. The highest BCUT2D eigenvalue weighted by Crippen LogP contribution is 2.42. The topological polar surface area (TPSA) is 20.2 Å². The first kappa shape index (κ1) is 16.0. The van der Waals surface area contributed by atoms with Crippen molar-refractivity contribution in [1.82, 2.24) is 0 Å². The van der Waals surface area contributed by atoms with Crippen LogP contribution in [-0.2, 0) is 5.60 Å². The zero-order valence-corrected chi connectivity index (χ0v) is 12.0. The third kappa shape index (κ3) is 3.11. The fourth-order valence-corrected chi connectivity index (χ4v) is 2.01. The molecule has 0 heterocycles. The largest absolute Gasteiger partial charge is 0.421 e. The Morgan fingerprint density at radius 1 is 1.00 bits per heavy atom. The minimum absolute atomic E-state index is 0.0561. The van der Waals surface area contributed by atoms with Crippen LogP contribution in [0.3, 0.4) is 0 Å². The maximum atomic E-state index is 13.0. The van der Waals surface area contributed by atoms with Gasteiger partial charge in [0.05, 0.1) is 0 Å². The smallest absolute Gasteiger partial charge is 0.376 e. The molecule has 19 heavy (non-hydrogen) atoms. The Hall–Kier alpha value is -1.03. The van der Waals surface area contributed by atoms with Crippen molar-refractivity contribution in [3.8, 4) is 0 Å². The van der Waals surface area contributed by atoms with E-state index in [0.29, 0.717) is 5.56 Å². The van der Waals surface area contributed by atoms with Gasteiger partial charge in [0, 0.05) is 0 Å². The predicted molar refractivity (Wildman–Crippen MR) is 70.2 cm³/mol. The molecule has 0 spiro atoms. The molecule has 0 aliphatic carbocycles. The van der Waals surface area contributed by atoms with Crippen molar-refractivity contribution < 1.29 is 18.3 Å². The molecule has 1 rings (SSSR count). The van der Waals surface area contributed by atoms with Crippen molar-refractivity contribution in [1.29, 1.82) is 0 Å². The summed E-state index contributed by atoms with van der Waals surface area (Å²) in [6.45, 7) is 8.44.